The molecule has 2 nitrogen and oxygen atoms in total. The van der Waals surface area contributed by atoms with Crippen LogP contribution in [0.2, 0.25) is 0 Å². The lowest BCUT2D eigenvalue weighted by Gasteiger charge is -2.24. The van der Waals surface area contributed by atoms with E-state index in [9.17, 15) is 18.0 Å². The Bertz CT molecular complexity index is 166. The number of alkyl halides is 3. The number of piperidine rings is 1. The largest absolute Gasteiger partial charge is 0.404 e. The van der Waals surface area contributed by atoms with Crippen molar-refractivity contribution in [2.24, 2.45) is 0 Å². The van der Waals surface area contributed by atoms with Crippen LogP contribution >= 0.6 is 0 Å². The standard InChI is InChI=1S/C6H8F3NO/c7-6(8,9)5-3-4(11)1-2-10-5/h5,10H,1-3H2/t5-/m1/s1. The fraction of sp³-hybridized carbons (Fsp3) is 0.833. The van der Waals surface area contributed by atoms with E-state index in [4.69, 9.17) is 0 Å². The number of carbonyl (C=O) groups is 1. The molecule has 1 atom stereocenters. The number of hydrogen-bond acceptors (Lipinski definition) is 2. The van der Waals surface area contributed by atoms with Gasteiger partial charge in [-0.1, -0.05) is 0 Å². The van der Waals surface area contributed by atoms with E-state index in [-0.39, 0.29) is 18.7 Å². The number of carbonyl (C=O) groups excluding carboxylic acids is 1. The number of hydrogen-bond donors (Lipinski definition) is 1. The van der Waals surface area contributed by atoms with Crippen molar-refractivity contribution in [3.8, 4) is 0 Å². The highest BCUT2D eigenvalue weighted by Gasteiger charge is 2.41. The average Bonchev–Trinajstić information content (AvgIpc) is 1.86. The highest BCUT2D eigenvalue weighted by atomic mass is 19.4. The summed E-state index contributed by atoms with van der Waals surface area (Å²) in [7, 11) is 0. The van der Waals surface area contributed by atoms with E-state index in [1.165, 1.54) is 0 Å². The smallest absolute Gasteiger partial charge is 0.305 e. The first-order valence-corrected chi connectivity index (χ1v) is 3.32. The van der Waals surface area contributed by atoms with E-state index >= 15 is 0 Å². The quantitative estimate of drug-likeness (QED) is 0.580. The first-order valence-electron chi connectivity index (χ1n) is 3.32. The maximum Gasteiger partial charge on any atom is 0.404 e. The highest BCUT2D eigenvalue weighted by molar-refractivity contribution is 5.80. The molecule has 1 fully saturated rings. The predicted molar refractivity (Wildman–Crippen MR) is 32.1 cm³/mol. The van der Waals surface area contributed by atoms with Crippen LogP contribution in [0.5, 0.6) is 0 Å². The molecule has 1 aliphatic rings. The van der Waals surface area contributed by atoms with Gasteiger partial charge in [0.2, 0.25) is 0 Å². The van der Waals surface area contributed by atoms with Gasteiger partial charge in [0.15, 0.2) is 0 Å². The second-order valence-electron chi connectivity index (χ2n) is 2.54. The molecule has 0 aromatic heterocycles. The van der Waals surface area contributed by atoms with Crippen LogP contribution in [0.25, 0.3) is 0 Å². The van der Waals surface area contributed by atoms with Crippen molar-refractivity contribution in [2.75, 3.05) is 6.54 Å². The molecule has 0 aromatic rings. The topological polar surface area (TPSA) is 29.1 Å². The Morgan fingerprint density at radius 2 is 2.09 bits per heavy atom. The van der Waals surface area contributed by atoms with Gasteiger partial charge in [-0.15, -0.1) is 0 Å². The van der Waals surface area contributed by atoms with Crippen LogP contribution in [-0.2, 0) is 4.79 Å². The lowest BCUT2D eigenvalue weighted by atomic mass is 10.0. The van der Waals surface area contributed by atoms with E-state index < -0.39 is 18.6 Å². The fourth-order valence-electron chi connectivity index (χ4n) is 1.02. The zero-order valence-corrected chi connectivity index (χ0v) is 5.74. The summed E-state index contributed by atoms with van der Waals surface area (Å²) in [5, 5.41) is 2.24. The van der Waals surface area contributed by atoms with Crippen LogP contribution in [0, 0.1) is 0 Å². The van der Waals surface area contributed by atoms with Gasteiger partial charge in [0.05, 0.1) is 0 Å². The zero-order chi connectivity index (χ0) is 8.48. The lowest BCUT2D eigenvalue weighted by molar-refractivity contribution is -0.164. The molecule has 0 aliphatic carbocycles. The normalized spacial score (nSPS) is 27.2. The minimum Gasteiger partial charge on any atom is -0.305 e. The SMILES string of the molecule is O=C1CCN[C@@H](C(F)(F)F)C1. The molecule has 1 heterocycles. The molecule has 0 unspecified atom stereocenters. The minimum atomic E-state index is -4.28. The van der Waals surface area contributed by atoms with E-state index in [1.807, 2.05) is 0 Å². The molecule has 0 amide bonds. The van der Waals surface area contributed by atoms with Gasteiger partial charge in [0.1, 0.15) is 11.8 Å². The monoisotopic (exact) mass is 167 g/mol. The van der Waals surface area contributed by atoms with Crippen LogP contribution in [0.1, 0.15) is 12.8 Å². The van der Waals surface area contributed by atoms with Crippen LogP contribution in [-0.4, -0.2) is 24.5 Å². The summed E-state index contributed by atoms with van der Waals surface area (Å²) < 4.78 is 35.7. The zero-order valence-electron chi connectivity index (χ0n) is 5.74. The van der Waals surface area contributed by atoms with Crippen molar-refractivity contribution in [3.05, 3.63) is 0 Å². The maximum atomic E-state index is 11.9. The second-order valence-corrected chi connectivity index (χ2v) is 2.54. The van der Waals surface area contributed by atoms with Gasteiger partial charge in [-0.2, -0.15) is 13.2 Å². The summed E-state index contributed by atoms with van der Waals surface area (Å²) >= 11 is 0. The first-order chi connectivity index (χ1) is 5.00. The number of rotatable bonds is 0. The van der Waals surface area contributed by atoms with Crippen molar-refractivity contribution in [2.45, 2.75) is 25.1 Å². The van der Waals surface area contributed by atoms with E-state index in [0.717, 1.165) is 0 Å². The van der Waals surface area contributed by atoms with Crippen LogP contribution < -0.4 is 5.32 Å². The van der Waals surface area contributed by atoms with Crippen molar-refractivity contribution in [3.63, 3.8) is 0 Å². The van der Waals surface area contributed by atoms with Gasteiger partial charge in [0.25, 0.3) is 0 Å². The molecular weight excluding hydrogens is 159 g/mol. The Morgan fingerprint density at radius 1 is 1.45 bits per heavy atom. The summed E-state index contributed by atoms with van der Waals surface area (Å²) in [5.74, 6) is -0.314. The number of nitrogens with one attached hydrogen (secondary N) is 1. The van der Waals surface area contributed by atoms with Crippen LogP contribution in [0.3, 0.4) is 0 Å². The molecule has 0 radical (unpaired) electrons. The third-order valence-corrected chi connectivity index (χ3v) is 1.62. The van der Waals surface area contributed by atoms with Gasteiger partial charge in [0, 0.05) is 19.4 Å². The third-order valence-electron chi connectivity index (χ3n) is 1.62. The van der Waals surface area contributed by atoms with E-state index in [2.05, 4.69) is 5.32 Å². The van der Waals surface area contributed by atoms with Crippen LogP contribution in [0.4, 0.5) is 13.2 Å². The molecule has 64 valence electrons. The number of halogens is 3. The Kier molecular flexibility index (Phi) is 2.17. The highest BCUT2D eigenvalue weighted by Crippen LogP contribution is 2.24. The fourth-order valence-corrected chi connectivity index (χ4v) is 1.02. The molecular formula is C6H8F3NO. The molecule has 1 saturated heterocycles. The van der Waals surface area contributed by atoms with Crippen LogP contribution in [0.15, 0.2) is 0 Å². The molecule has 0 spiro atoms. The Balaban J connectivity index is 2.53. The molecule has 0 bridgehead atoms. The average molecular weight is 167 g/mol. The first kappa shape index (κ1) is 8.52. The summed E-state index contributed by atoms with van der Waals surface area (Å²) in [6, 6.07) is -1.62. The Hall–Kier alpha value is -0.580. The van der Waals surface area contributed by atoms with Gasteiger partial charge in [-0.25, -0.2) is 0 Å². The summed E-state index contributed by atoms with van der Waals surface area (Å²) in [5.41, 5.74) is 0. The predicted octanol–water partition coefficient (Wildman–Crippen LogP) is 0.870. The maximum absolute atomic E-state index is 11.9. The van der Waals surface area contributed by atoms with E-state index in [1.54, 1.807) is 0 Å². The van der Waals surface area contributed by atoms with Crippen molar-refractivity contribution in [1.29, 1.82) is 0 Å². The lowest BCUT2D eigenvalue weighted by Crippen LogP contribution is -2.47. The molecule has 5 heteroatoms. The molecule has 1 N–H and O–H groups in total. The summed E-state index contributed by atoms with van der Waals surface area (Å²) in [4.78, 5) is 10.6. The minimum absolute atomic E-state index is 0.142. The van der Waals surface area contributed by atoms with Crippen molar-refractivity contribution >= 4 is 5.78 Å². The number of Topliss-reactive ketones (excluding diaryl/α,β-unsaturated/α-hetero) is 1. The Labute approximate surface area is 61.8 Å². The van der Waals surface area contributed by atoms with E-state index in [0.29, 0.717) is 0 Å². The Morgan fingerprint density at radius 3 is 2.45 bits per heavy atom. The molecule has 0 aromatic carbocycles. The van der Waals surface area contributed by atoms with Gasteiger partial charge in [-0.05, 0) is 0 Å². The molecule has 0 saturated carbocycles. The van der Waals surface area contributed by atoms with Gasteiger partial charge >= 0.3 is 6.18 Å². The molecule has 1 rings (SSSR count). The van der Waals surface area contributed by atoms with Gasteiger partial charge in [-0.3, -0.25) is 4.79 Å². The third kappa shape index (κ3) is 2.18. The molecule has 11 heavy (non-hydrogen) atoms. The van der Waals surface area contributed by atoms with Gasteiger partial charge < -0.3 is 5.32 Å². The summed E-state index contributed by atoms with van der Waals surface area (Å²) in [6.45, 7) is 0.142. The summed E-state index contributed by atoms with van der Waals surface area (Å²) in [6.07, 6.45) is -4.48. The number of ketones is 1. The molecule has 1 aliphatic heterocycles. The van der Waals surface area contributed by atoms with Crippen molar-refractivity contribution in [1.82, 2.24) is 5.32 Å². The van der Waals surface area contributed by atoms with Crippen molar-refractivity contribution < 1.29 is 18.0 Å². The second kappa shape index (κ2) is 2.81.